The van der Waals surface area contributed by atoms with Gasteiger partial charge in [-0.2, -0.15) is 0 Å². The van der Waals surface area contributed by atoms with Gasteiger partial charge in [-0.3, -0.25) is 14.6 Å². The Morgan fingerprint density at radius 2 is 2.12 bits per heavy atom. The first-order valence-electron chi connectivity index (χ1n) is 8.17. The molecule has 0 saturated carbocycles. The number of piperazine rings is 1. The highest BCUT2D eigenvalue weighted by Crippen LogP contribution is 2.24. The molecule has 0 bridgehead atoms. The van der Waals surface area contributed by atoms with E-state index in [0.717, 1.165) is 30.3 Å². The number of thiazole rings is 1. The largest absolute Gasteiger partial charge is 0.481 e. The van der Waals surface area contributed by atoms with E-state index in [2.05, 4.69) is 20.2 Å². The van der Waals surface area contributed by atoms with Gasteiger partial charge in [-0.25, -0.2) is 9.97 Å². The van der Waals surface area contributed by atoms with Crippen molar-refractivity contribution in [1.82, 2.24) is 19.8 Å². The van der Waals surface area contributed by atoms with Crippen LogP contribution < -0.4 is 4.74 Å². The summed E-state index contributed by atoms with van der Waals surface area (Å²) in [5.41, 5.74) is 1.77. The Hall–Kier alpha value is -2.03. The Morgan fingerprint density at radius 3 is 2.64 bits per heavy atom. The molecule has 8 heteroatoms. The summed E-state index contributed by atoms with van der Waals surface area (Å²) in [4.78, 5) is 24.8. The van der Waals surface area contributed by atoms with Crippen molar-refractivity contribution in [3.63, 3.8) is 0 Å². The number of hydrogen-bond donors (Lipinski definition) is 1. The van der Waals surface area contributed by atoms with Gasteiger partial charge in [-0.1, -0.05) is 0 Å². The Balaban J connectivity index is 1.63. The van der Waals surface area contributed by atoms with Crippen LogP contribution in [0.25, 0.3) is 0 Å². The molecule has 0 aliphatic carbocycles. The molecule has 0 aromatic carbocycles. The molecule has 1 aliphatic rings. The molecule has 1 N–H and O–H groups in total. The minimum absolute atomic E-state index is 0.483. The third kappa shape index (κ3) is 4.33. The number of pyridine rings is 1. The Labute approximate surface area is 150 Å². The number of ether oxygens (including phenoxy) is 1. The van der Waals surface area contributed by atoms with Gasteiger partial charge < -0.3 is 9.84 Å². The van der Waals surface area contributed by atoms with E-state index in [1.165, 1.54) is 0 Å². The van der Waals surface area contributed by atoms with E-state index < -0.39 is 12.0 Å². The fourth-order valence-corrected chi connectivity index (χ4v) is 3.68. The van der Waals surface area contributed by atoms with Crippen LogP contribution in [-0.2, 0) is 11.3 Å². The second-order valence-electron chi connectivity index (χ2n) is 6.04. The molecule has 1 aliphatic heterocycles. The molecule has 1 atom stereocenters. The van der Waals surface area contributed by atoms with E-state index in [9.17, 15) is 9.90 Å². The Kier molecular flexibility index (Phi) is 5.62. The van der Waals surface area contributed by atoms with Gasteiger partial charge in [0.15, 0.2) is 0 Å². The average molecular weight is 362 g/mol. The standard InChI is InChI=1S/C17H22N4O3S/c1-12-19-14(11-25-12)10-20-5-7-21(8-6-20)16(17(22)23)13-3-4-15(24-2)18-9-13/h3-4,9,11,16H,5-8,10H2,1-2H3,(H,22,23)/t16-/m1/s1. The van der Waals surface area contributed by atoms with E-state index >= 15 is 0 Å². The lowest BCUT2D eigenvalue weighted by Crippen LogP contribution is -2.48. The SMILES string of the molecule is COc1ccc([C@H](C(=O)O)N2CCN(Cc3csc(C)n3)CC2)cn1. The van der Waals surface area contributed by atoms with Crippen molar-refractivity contribution in [2.45, 2.75) is 19.5 Å². The third-order valence-corrected chi connectivity index (χ3v) is 5.16. The number of carbonyl (C=O) groups is 1. The predicted octanol–water partition coefficient (Wildman–Crippen LogP) is 1.80. The van der Waals surface area contributed by atoms with E-state index in [-0.39, 0.29) is 0 Å². The summed E-state index contributed by atoms with van der Waals surface area (Å²) in [5.74, 6) is -0.369. The molecule has 0 amide bonds. The van der Waals surface area contributed by atoms with Gasteiger partial charge >= 0.3 is 5.97 Å². The highest BCUT2D eigenvalue weighted by Gasteiger charge is 2.30. The van der Waals surface area contributed by atoms with E-state index in [0.29, 0.717) is 24.5 Å². The number of carboxylic acids is 1. The second kappa shape index (κ2) is 7.90. The molecular formula is C17H22N4O3S. The van der Waals surface area contributed by atoms with Gasteiger partial charge in [-0.05, 0) is 18.6 Å². The first-order valence-corrected chi connectivity index (χ1v) is 9.05. The molecular weight excluding hydrogens is 340 g/mol. The number of hydrogen-bond acceptors (Lipinski definition) is 7. The zero-order valence-electron chi connectivity index (χ0n) is 14.4. The van der Waals surface area contributed by atoms with Gasteiger partial charge in [0.1, 0.15) is 6.04 Å². The van der Waals surface area contributed by atoms with Crippen LogP contribution >= 0.6 is 11.3 Å². The number of aromatic nitrogens is 2. The summed E-state index contributed by atoms with van der Waals surface area (Å²) < 4.78 is 5.04. The second-order valence-corrected chi connectivity index (χ2v) is 7.11. The maximum Gasteiger partial charge on any atom is 0.325 e. The first-order chi connectivity index (χ1) is 12.1. The Bertz CT molecular complexity index is 711. The number of methoxy groups -OCH3 is 1. The van der Waals surface area contributed by atoms with Crippen LogP contribution in [0, 0.1) is 6.92 Å². The number of nitrogens with zero attached hydrogens (tertiary/aromatic N) is 4. The molecule has 2 aromatic rings. The van der Waals surface area contributed by atoms with E-state index in [1.54, 1.807) is 36.8 Å². The number of carboxylic acid groups (broad SMARTS) is 1. The molecule has 2 aromatic heterocycles. The zero-order valence-corrected chi connectivity index (χ0v) is 15.2. The summed E-state index contributed by atoms with van der Waals surface area (Å²) in [6.45, 7) is 5.87. The molecule has 0 spiro atoms. The fourth-order valence-electron chi connectivity index (χ4n) is 3.07. The molecule has 134 valence electrons. The fraction of sp³-hybridized carbons (Fsp3) is 0.471. The van der Waals surface area contributed by atoms with E-state index in [1.807, 2.05) is 11.8 Å². The first kappa shape index (κ1) is 17.8. The maximum absolute atomic E-state index is 11.8. The summed E-state index contributed by atoms with van der Waals surface area (Å²) in [7, 11) is 1.54. The summed E-state index contributed by atoms with van der Waals surface area (Å²) in [6, 6.07) is 2.79. The van der Waals surface area contributed by atoms with Crippen LogP contribution in [0.4, 0.5) is 0 Å². The molecule has 7 nitrogen and oxygen atoms in total. The van der Waals surface area contributed by atoms with Gasteiger partial charge in [-0.15, -0.1) is 11.3 Å². The normalized spacial score (nSPS) is 17.4. The van der Waals surface area contributed by atoms with Crippen LogP contribution in [0.3, 0.4) is 0 Å². The van der Waals surface area contributed by atoms with Gasteiger partial charge in [0.25, 0.3) is 0 Å². The van der Waals surface area contributed by atoms with E-state index in [4.69, 9.17) is 4.74 Å². The topological polar surface area (TPSA) is 78.8 Å². The van der Waals surface area contributed by atoms with Crippen LogP contribution in [0.15, 0.2) is 23.7 Å². The lowest BCUT2D eigenvalue weighted by molar-refractivity contribution is -0.144. The Morgan fingerprint density at radius 1 is 1.36 bits per heavy atom. The lowest BCUT2D eigenvalue weighted by Gasteiger charge is -2.37. The minimum atomic E-state index is -0.851. The van der Waals surface area contributed by atoms with Crippen LogP contribution in [0.2, 0.25) is 0 Å². The van der Waals surface area contributed by atoms with Crippen molar-refractivity contribution in [3.8, 4) is 5.88 Å². The van der Waals surface area contributed by atoms with Crippen LogP contribution in [0.5, 0.6) is 5.88 Å². The summed E-state index contributed by atoms with van der Waals surface area (Å²) >= 11 is 1.66. The lowest BCUT2D eigenvalue weighted by atomic mass is 10.1. The smallest absolute Gasteiger partial charge is 0.325 e. The maximum atomic E-state index is 11.8. The van der Waals surface area contributed by atoms with Gasteiger partial charge in [0.2, 0.25) is 5.88 Å². The molecule has 1 saturated heterocycles. The predicted molar refractivity (Wildman–Crippen MR) is 94.9 cm³/mol. The highest BCUT2D eigenvalue weighted by atomic mass is 32.1. The molecule has 3 heterocycles. The minimum Gasteiger partial charge on any atom is -0.481 e. The van der Waals surface area contributed by atoms with Crippen molar-refractivity contribution in [2.75, 3.05) is 33.3 Å². The molecule has 0 unspecified atom stereocenters. The van der Waals surface area contributed by atoms with Crippen molar-refractivity contribution < 1.29 is 14.6 Å². The van der Waals surface area contributed by atoms with Crippen molar-refractivity contribution in [1.29, 1.82) is 0 Å². The number of aliphatic carboxylic acids is 1. The highest BCUT2D eigenvalue weighted by molar-refractivity contribution is 7.09. The van der Waals surface area contributed by atoms with Crippen molar-refractivity contribution in [3.05, 3.63) is 40.0 Å². The number of rotatable bonds is 6. The molecule has 3 rings (SSSR count). The third-order valence-electron chi connectivity index (χ3n) is 4.34. The van der Waals surface area contributed by atoms with Gasteiger partial charge in [0.05, 0.1) is 17.8 Å². The van der Waals surface area contributed by atoms with Crippen molar-refractivity contribution >= 4 is 17.3 Å². The number of aryl methyl sites for hydroxylation is 1. The monoisotopic (exact) mass is 362 g/mol. The van der Waals surface area contributed by atoms with Gasteiger partial charge in [0, 0.05) is 50.4 Å². The van der Waals surface area contributed by atoms with Crippen molar-refractivity contribution in [2.24, 2.45) is 0 Å². The van der Waals surface area contributed by atoms with Crippen LogP contribution in [0.1, 0.15) is 22.3 Å². The average Bonchev–Trinajstić information content (AvgIpc) is 3.02. The summed E-state index contributed by atoms with van der Waals surface area (Å²) in [6.07, 6.45) is 1.59. The summed E-state index contributed by atoms with van der Waals surface area (Å²) in [5, 5.41) is 12.8. The zero-order chi connectivity index (χ0) is 17.8. The van der Waals surface area contributed by atoms with Crippen LogP contribution in [-0.4, -0.2) is 64.1 Å². The molecule has 1 fully saturated rings. The molecule has 25 heavy (non-hydrogen) atoms. The quantitative estimate of drug-likeness (QED) is 0.839. The molecule has 0 radical (unpaired) electrons.